The predicted octanol–water partition coefficient (Wildman–Crippen LogP) is 2.96. The molecule has 0 radical (unpaired) electrons. The SMILES string of the molecule is CC(C)(O)CNC(=O)N1CCN(c2ccc(-c3ccccc3)cc2)CC1. The zero-order chi connectivity index (χ0) is 18.6. The Morgan fingerprint density at radius 1 is 0.962 bits per heavy atom. The second-order valence-electron chi connectivity index (χ2n) is 7.36. The van der Waals surface area contributed by atoms with E-state index in [0.717, 1.165) is 13.1 Å². The lowest BCUT2D eigenvalue weighted by atomic mass is 10.1. The quantitative estimate of drug-likeness (QED) is 0.889. The number of benzene rings is 2. The van der Waals surface area contributed by atoms with E-state index in [-0.39, 0.29) is 12.6 Å². The highest BCUT2D eigenvalue weighted by Crippen LogP contribution is 2.23. The van der Waals surface area contributed by atoms with Gasteiger partial charge in [0.25, 0.3) is 0 Å². The van der Waals surface area contributed by atoms with E-state index in [0.29, 0.717) is 13.1 Å². The average molecular weight is 353 g/mol. The van der Waals surface area contributed by atoms with E-state index >= 15 is 0 Å². The standard InChI is InChI=1S/C21H27N3O2/c1-21(2,26)16-22-20(25)24-14-12-23(13-15-24)19-10-8-18(9-11-19)17-6-4-3-5-7-17/h3-11,26H,12-16H2,1-2H3,(H,22,25). The summed E-state index contributed by atoms with van der Waals surface area (Å²) in [7, 11) is 0. The number of piperazine rings is 1. The zero-order valence-electron chi connectivity index (χ0n) is 15.5. The van der Waals surface area contributed by atoms with Crippen molar-refractivity contribution in [2.75, 3.05) is 37.6 Å². The number of anilines is 1. The van der Waals surface area contributed by atoms with E-state index in [1.807, 2.05) is 18.2 Å². The smallest absolute Gasteiger partial charge is 0.317 e. The molecule has 138 valence electrons. The molecule has 1 saturated heterocycles. The maximum atomic E-state index is 12.2. The number of carbonyl (C=O) groups excluding carboxylic acids is 1. The molecule has 1 aliphatic heterocycles. The fourth-order valence-corrected chi connectivity index (χ4v) is 3.07. The molecule has 0 saturated carbocycles. The van der Waals surface area contributed by atoms with Crippen molar-refractivity contribution in [2.45, 2.75) is 19.4 Å². The number of hydrogen-bond acceptors (Lipinski definition) is 3. The summed E-state index contributed by atoms with van der Waals surface area (Å²) in [6, 6.07) is 18.8. The van der Waals surface area contributed by atoms with Gasteiger partial charge in [0.2, 0.25) is 0 Å². The molecule has 5 heteroatoms. The highest BCUT2D eigenvalue weighted by Gasteiger charge is 2.22. The van der Waals surface area contributed by atoms with Crippen molar-refractivity contribution in [3.05, 3.63) is 54.6 Å². The molecule has 0 bridgehead atoms. The Morgan fingerprint density at radius 3 is 2.12 bits per heavy atom. The Bertz CT molecular complexity index is 715. The van der Waals surface area contributed by atoms with Crippen LogP contribution in [-0.2, 0) is 0 Å². The molecule has 1 aliphatic rings. The van der Waals surface area contributed by atoms with E-state index in [1.54, 1.807) is 18.7 Å². The average Bonchev–Trinajstić information content (AvgIpc) is 2.66. The summed E-state index contributed by atoms with van der Waals surface area (Å²) < 4.78 is 0. The van der Waals surface area contributed by atoms with Crippen molar-refractivity contribution < 1.29 is 9.90 Å². The Balaban J connectivity index is 1.54. The summed E-state index contributed by atoms with van der Waals surface area (Å²) >= 11 is 0. The molecule has 0 unspecified atom stereocenters. The third-order valence-electron chi connectivity index (χ3n) is 4.58. The van der Waals surface area contributed by atoms with Gasteiger partial charge in [-0.15, -0.1) is 0 Å². The Labute approximate surface area is 155 Å². The molecular weight excluding hydrogens is 326 g/mol. The van der Waals surface area contributed by atoms with Gasteiger partial charge >= 0.3 is 6.03 Å². The fraction of sp³-hybridized carbons (Fsp3) is 0.381. The third kappa shape index (κ3) is 4.76. The van der Waals surface area contributed by atoms with Crippen molar-refractivity contribution in [2.24, 2.45) is 0 Å². The van der Waals surface area contributed by atoms with Crippen molar-refractivity contribution >= 4 is 11.7 Å². The van der Waals surface area contributed by atoms with Gasteiger partial charge < -0.3 is 20.2 Å². The number of urea groups is 1. The molecule has 1 heterocycles. The summed E-state index contributed by atoms with van der Waals surface area (Å²) in [6.07, 6.45) is 0. The van der Waals surface area contributed by atoms with Gasteiger partial charge in [0.05, 0.1) is 5.60 Å². The normalized spacial score (nSPS) is 15.0. The molecular formula is C21H27N3O2. The molecule has 0 atom stereocenters. The summed E-state index contributed by atoms with van der Waals surface area (Å²) in [6.45, 7) is 6.60. The van der Waals surface area contributed by atoms with E-state index in [4.69, 9.17) is 0 Å². The second kappa shape index (κ2) is 7.79. The highest BCUT2D eigenvalue weighted by atomic mass is 16.3. The van der Waals surface area contributed by atoms with Gasteiger partial charge in [-0.3, -0.25) is 0 Å². The number of nitrogens with zero attached hydrogens (tertiary/aromatic N) is 2. The van der Waals surface area contributed by atoms with Gasteiger partial charge in [-0.25, -0.2) is 4.79 Å². The van der Waals surface area contributed by atoms with Crippen molar-refractivity contribution in [3.8, 4) is 11.1 Å². The number of aliphatic hydroxyl groups is 1. The van der Waals surface area contributed by atoms with Crippen LogP contribution in [0.4, 0.5) is 10.5 Å². The molecule has 2 N–H and O–H groups in total. The molecule has 0 aromatic heterocycles. The van der Waals surface area contributed by atoms with Crippen molar-refractivity contribution in [1.82, 2.24) is 10.2 Å². The third-order valence-corrected chi connectivity index (χ3v) is 4.58. The lowest BCUT2D eigenvalue weighted by Crippen LogP contribution is -2.53. The maximum absolute atomic E-state index is 12.2. The van der Waals surface area contributed by atoms with Crippen LogP contribution >= 0.6 is 0 Å². The minimum atomic E-state index is -0.891. The van der Waals surface area contributed by atoms with Gasteiger partial charge in [-0.2, -0.15) is 0 Å². The Kier molecular flexibility index (Phi) is 5.47. The summed E-state index contributed by atoms with van der Waals surface area (Å²) in [5, 5.41) is 12.5. The largest absolute Gasteiger partial charge is 0.389 e. The lowest BCUT2D eigenvalue weighted by Gasteiger charge is -2.36. The van der Waals surface area contributed by atoms with Gasteiger partial charge in [-0.1, -0.05) is 42.5 Å². The van der Waals surface area contributed by atoms with Crippen molar-refractivity contribution in [3.63, 3.8) is 0 Å². The molecule has 26 heavy (non-hydrogen) atoms. The van der Waals surface area contributed by atoms with Crippen LogP contribution in [0.15, 0.2) is 54.6 Å². The van der Waals surface area contributed by atoms with Gasteiger partial charge in [0.15, 0.2) is 0 Å². The Hall–Kier alpha value is -2.53. The van der Waals surface area contributed by atoms with E-state index in [1.165, 1.54) is 16.8 Å². The van der Waals surface area contributed by atoms with E-state index in [2.05, 4.69) is 46.6 Å². The minimum Gasteiger partial charge on any atom is -0.389 e. The van der Waals surface area contributed by atoms with Crippen LogP contribution in [-0.4, -0.2) is 54.4 Å². The van der Waals surface area contributed by atoms with Crippen LogP contribution in [0.5, 0.6) is 0 Å². The topological polar surface area (TPSA) is 55.8 Å². The Morgan fingerprint density at radius 2 is 1.54 bits per heavy atom. The summed E-state index contributed by atoms with van der Waals surface area (Å²) in [5.41, 5.74) is 2.71. The monoisotopic (exact) mass is 353 g/mol. The number of carbonyl (C=O) groups is 1. The highest BCUT2D eigenvalue weighted by molar-refractivity contribution is 5.74. The van der Waals surface area contributed by atoms with Gasteiger partial charge in [0.1, 0.15) is 0 Å². The number of hydrogen-bond donors (Lipinski definition) is 2. The predicted molar refractivity (Wildman–Crippen MR) is 105 cm³/mol. The first-order valence-electron chi connectivity index (χ1n) is 9.08. The molecule has 5 nitrogen and oxygen atoms in total. The summed E-state index contributed by atoms with van der Waals surface area (Å²) in [4.78, 5) is 16.3. The first kappa shape index (κ1) is 18.3. The van der Waals surface area contributed by atoms with Crippen LogP contribution in [0.1, 0.15) is 13.8 Å². The minimum absolute atomic E-state index is 0.105. The number of amides is 2. The van der Waals surface area contributed by atoms with Gasteiger partial charge in [0, 0.05) is 38.4 Å². The van der Waals surface area contributed by atoms with Crippen LogP contribution in [0.3, 0.4) is 0 Å². The number of nitrogens with one attached hydrogen (secondary N) is 1. The molecule has 2 amide bonds. The second-order valence-corrected chi connectivity index (χ2v) is 7.36. The molecule has 1 fully saturated rings. The van der Waals surface area contributed by atoms with Gasteiger partial charge in [-0.05, 0) is 37.1 Å². The lowest BCUT2D eigenvalue weighted by molar-refractivity contribution is 0.0794. The molecule has 2 aromatic carbocycles. The fourth-order valence-electron chi connectivity index (χ4n) is 3.07. The van der Waals surface area contributed by atoms with E-state index < -0.39 is 5.60 Å². The first-order chi connectivity index (χ1) is 12.4. The summed E-state index contributed by atoms with van der Waals surface area (Å²) in [5.74, 6) is 0. The maximum Gasteiger partial charge on any atom is 0.317 e. The molecule has 0 spiro atoms. The molecule has 3 rings (SSSR count). The molecule has 0 aliphatic carbocycles. The number of rotatable bonds is 4. The zero-order valence-corrected chi connectivity index (χ0v) is 15.5. The first-order valence-corrected chi connectivity index (χ1v) is 9.08. The van der Waals surface area contributed by atoms with Crippen molar-refractivity contribution in [1.29, 1.82) is 0 Å². The van der Waals surface area contributed by atoms with Crippen LogP contribution in [0.25, 0.3) is 11.1 Å². The van der Waals surface area contributed by atoms with E-state index in [9.17, 15) is 9.90 Å². The van der Waals surface area contributed by atoms with Crippen LogP contribution in [0.2, 0.25) is 0 Å². The molecule has 2 aromatic rings. The van der Waals surface area contributed by atoms with Crippen LogP contribution in [0, 0.1) is 0 Å². The van der Waals surface area contributed by atoms with Crippen LogP contribution < -0.4 is 10.2 Å².